The van der Waals surface area contributed by atoms with Gasteiger partial charge in [0.1, 0.15) is 5.75 Å². The summed E-state index contributed by atoms with van der Waals surface area (Å²) >= 11 is 12.2. The number of phenolic OH excluding ortho intramolecular Hbond substituents is 1. The van der Waals surface area contributed by atoms with Crippen molar-refractivity contribution >= 4 is 49.4 Å². The summed E-state index contributed by atoms with van der Waals surface area (Å²) in [5.74, 6) is 0.122. The molecule has 0 saturated carbocycles. The predicted molar refractivity (Wildman–Crippen MR) is 110 cm³/mol. The highest BCUT2D eigenvalue weighted by molar-refractivity contribution is 9.11. The number of hydrogen-bond acceptors (Lipinski definition) is 4. The minimum absolute atomic E-state index is 0.00687. The van der Waals surface area contributed by atoms with E-state index in [2.05, 4.69) is 31.9 Å². The molecule has 1 saturated heterocycles. The van der Waals surface area contributed by atoms with Crippen LogP contribution in [0, 0.1) is 16.7 Å². The number of halogens is 3. The van der Waals surface area contributed by atoms with Crippen molar-refractivity contribution in [1.29, 1.82) is 5.26 Å². The summed E-state index contributed by atoms with van der Waals surface area (Å²) in [5, 5.41) is 19.8. The lowest BCUT2D eigenvalue weighted by Crippen LogP contribution is -2.30. The molecule has 3 rings (SSSR count). The summed E-state index contributed by atoms with van der Waals surface area (Å²) in [7, 11) is 0. The fourth-order valence-corrected chi connectivity index (χ4v) is 3.61. The third-order valence-electron chi connectivity index (χ3n) is 3.80. The molecule has 1 aliphatic rings. The molecule has 0 spiro atoms. The van der Waals surface area contributed by atoms with Gasteiger partial charge in [0.2, 0.25) is 0 Å². The second-order valence-corrected chi connectivity index (χ2v) is 8.61. The van der Waals surface area contributed by atoms with Crippen molar-refractivity contribution in [3.05, 3.63) is 61.5 Å². The molecular formula is C19H17Br2ClN2O3. The minimum Gasteiger partial charge on any atom is -0.506 e. The van der Waals surface area contributed by atoms with Gasteiger partial charge >= 0.3 is 0 Å². The van der Waals surface area contributed by atoms with Crippen LogP contribution < -0.4 is 0 Å². The Labute approximate surface area is 179 Å². The second-order valence-electron chi connectivity index (χ2n) is 6.49. The molecule has 8 heteroatoms. The maximum Gasteiger partial charge on any atom is 0.254 e. The number of hydrogen-bond donors (Lipinski definition) is 1. The SMILES string of the molecule is CC1(C)CON(Cc2ccccc2Cl)C1=O.N#Cc1cc(Br)c(O)c(Br)c1. The van der Waals surface area contributed by atoms with E-state index in [1.807, 2.05) is 44.2 Å². The highest BCUT2D eigenvalue weighted by Crippen LogP contribution is 2.33. The molecule has 0 aliphatic carbocycles. The average molecular weight is 517 g/mol. The van der Waals surface area contributed by atoms with E-state index in [4.69, 9.17) is 21.7 Å². The monoisotopic (exact) mass is 514 g/mol. The first kappa shape index (κ1) is 21.7. The molecular weight excluding hydrogens is 499 g/mol. The first-order chi connectivity index (χ1) is 12.7. The van der Waals surface area contributed by atoms with Crippen LogP contribution in [0.5, 0.6) is 5.75 Å². The van der Waals surface area contributed by atoms with E-state index < -0.39 is 5.41 Å². The molecule has 1 fully saturated rings. The Bertz CT molecular complexity index is 874. The number of hydroxylamine groups is 2. The average Bonchev–Trinajstić information content (AvgIpc) is 2.88. The molecule has 0 radical (unpaired) electrons. The van der Waals surface area contributed by atoms with Gasteiger partial charge < -0.3 is 5.11 Å². The number of rotatable bonds is 2. The number of carbonyl (C=O) groups is 1. The second kappa shape index (κ2) is 9.07. The highest BCUT2D eigenvalue weighted by atomic mass is 79.9. The Morgan fingerprint density at radius 3 is 2.37 bits per heavy atom. The van der Waals surface area contributed by atoms with Crippen LogP contribution in [0.3, 0.4) is 0 Å². The first-order valence-corrected chi connectivity index (χ1v) is 9.88. The molecule has 1 amide bonds. The standard InChI is InChI=1S/C12H14ClNO2.C7H3Br2NO/c1-12(2)8-16-14(11(12)15)7-9-5-3-4-6-10(9)13;8-5-1-4(3-10)2-6(9)7(5)11/h3-6H,7-8H2,1-2H3;1-2,11H. The van der Waals surface area contributed by atoms with Gasteiger partial charge in [0, 0.05) is 5.02 Å². The largest absolute Gasteiger partial charge is 0.506 e. The number of amides is 1. The Hall–Kier alpha value is -1.59. The number of carbonyl (C=O) groups excluding carboxylic acids is 1. The quantitative estimate of drug-likeness (QED) is 0.578. The summed E-state index contributed by atoms with van der Waals surface area (Å²) in [4.78, 5) is 17.3. The third kappa shape index (κ3) is 5.45. The van der Waals surface area contributed by atoms with Crippen molar-refractivity contribution in [2.45, 2.75) is 20.4 Å². The Balaban J connectivity index is 0.000000208. The molecule has 2 aromatic rings. The zero-order valence-corrected chi connectivity index (χ0v) is 18.6. The first-order valence-electron chi connectivity index (χ1n) is 7.92. The molecule has 142 valence electrons. The Morgan fingerprint density at radius 2 is 1.89 bits per heavy atom. The van der Waals surface area contributed by atoms with E-state index in [-0.39, 0.29) is 11.7 Å². The summed E-state index contributed by atoms with van der Waals surface area (Å²) < 4.78 is 1.03. The van der Waals surface area contributed by atoms with Gasteiger partial charge in [0.05, 0.1) is 39.1 Å². The molecule has 27 heavy (non-hydrogen) atoms. The number of aromatic hydroxyl groups is 1. The Morgan fingerprint density at radius 1 is 1.30 bits per heavy atom. The lowest BCUT2D eigenvalue weighted by Gasteiger charge is -2.16. The van der Waals surface area contributed by atoms with Crippen LogP contribution in [0.4, 0.5) is 0 Å². The van der Waals surface area contributed by atoms with Crippen LogP contribution in [0.25, 0.3) is 0 Å². The van der Waals surface area contributed by atoms with E-state index in [9.17, 15) is 9.90 Å². The van der Waals surface area contributed by atoms with Crippen molar-refractivity contribution < 1.29 is 14.7 Å². The molecule has 0 atom stereocenters. The summed E-state index contributed by atoms with van der Waals surface area (Å²) in [6, 6.07) is 12.5. The third-order valence-corrected chi connectivity index (χ3v) is 5.38. The summed E-state index contributed by atoms with van der Waals surface area (Å²) in [6.07, 6.45) is 0. The van der Waals surface area contributed by atoms with Gasteiger partial charge in [-0.15, -0.1) is 0 Å². The zero-order valence-electron chi connectivity index (χ0n) is 14.7. The van der Waals surface area contributed by atoms with Crippen molar-refractivity contribution in [3.8, 4) is 11.8 Å². The molecule has 0 unspecified atom stereocenters. The van der Waals surface area contributed by atoms with Crippen molar-refractivity contribution in [2.75, 3.05) is 6.61 Å². The molecule has 0 bridgehead atoms. The predicted octanol–water partition coefficient (Wildman–Crippen LogP) is 5.43. The molecule has 1 heterocycles. The summed E-state index contributed by atoms with van der Waals surface area (Å²) in [6.45, 7) is 4.59. The molecule has 0 aromatic heterocycles. The van der Waals surface area contributed by atoms with Crippen LogP contribution in [0.2, 0.25) is 5.02 Å². The molecule has 2 aromatic carbocycles. The number of nitrogens with zero attached hydrogens (tertiary/aromatic N) is 2. The van der Waals surface area contributed by atoms with E-state index in [1.54, 1.807) is 12.1 Å². The lowest BCUT2D eigenvalue weighted by molar-refractivity contribution is -0.165. The van der Waals surface area contributed by atoms with Gasteiger partial charge in [-0.2, -0.15) is 5.26 Å². The van der Waals surface area contributed by atoms with Crippen molar-refractivity contribution in [3.63, 3.8) is 0 Å². The fourth-order valence-electron chi connectivity index (χ4n) is 2.23. The fraction of sp³-hybridized carbons (Fsp3) is 0.263. The van der Waals surface area contributed by atoms with Gasteiger partial charge in [0.25, 0.3) is 5.91 Å². The van der Waals surface area contributed by atoms with E-state index >= 15 is 0 Å². The van der Waals surface area contributed by atoms with Crippen LogP contribution in [-0.2, 0) is 16.2 Å². The van der Waals surface area contributed by atoms with E-state index in [1.165, 1.54) is 5.06 Å². The smallest absolute Gasteiger partial charge is 0.254 e. The van der Waals surface area contributed by atoms with E-state index in [0.29, 0.717) is 32.7 Å². The van der Waals surface area contributed by atoms with E-state index in [0.717, 1.165) is 5.56 Å². The van der Waals surface area contributed by atoms with Gasteiger partial charge in [-0.3, -0.25) is 9.63 Å². The van der Waals surface area contributed by atoms with Crippen LogP contribution in [-0.4, -0.2) is 22.7 Å². The maximum absolute atomic E-state index is 11.9. The topological polar surface area (TPSA) is 73.6 Å². The van der Waals surface area contributed by atoms with Gasteiger partial charge in [-0.05, 0) is 69.5 Å². The highest BCUT2D eigenvalue weighted by Gasteiger charge is 2.40. The number of nitriles is 1. The molecule has 5 nitrogen and oxygen atoms in total. The van der Waals surface area contributed by atoms with Gasteiger partial charge in [-0.25, -0.2) is 5.06 Å². The van der Waals surface area contributed by atoms with Gasteiger partial charge in [0.15, 0.2) is 0 Å². The molecule has 1 N–H and O–H groups in total. The lowest BCUT2D eigenvalue weighted by atomic mass is 9.95. The van der Waals surface area contributed by atoms with Crippen LogP contribution in [0.1, 0.15) is 25.0 Å². The van der Waals surface area contributed by atoms with Crippen molar-refractivity contribution in [2.24, 2.45) is 5.41 Å². The maximum atomic E-state index is 11.9. The van der Waals surface area contributed by atoms with Crippen molar-refractivity contribution in [1.82, 2.24) is 5.06 Å². The van der Waals surface area contributed by atoms with Gasteiger partial charge in [-0.1, -0.05) is 29.8 Å². The number of phenols is 1. The molecule has 1 aliphatic heterocycles. The Kier molecular flexibility index (Phi) is 7.29. The number of benzene rings is 2. The van der Waals surface area contributed by atoms with Crippen LogP contribution in [0.15, 0.2) is 45.3 Å². The zero-order chi connectivity index (χ0) is 20.2. The summed E-state index contributed by atoms with van der Waals surface area (Å²) in [5.41, 5.74) is 0.970. The van der Waals surface area contributed by atoms with Crippen LogP contribution >= 0.6 is 43.5 Å². The minimum atomic E-state index is -0.429. The normalized spacial score (nSPS) is 15.1.